The third-order valence-electron chi connectivity index (χ3n) is 5.53. The summed E-state index contributed by atoms with van der Waals surface area (Å²) in [4.78, 5) is 25.5. The van der Waals surface area contributed by atoms with Crippen molar-refractivity contribution in [1.82, 2.24) is 9.80 Å². The maximum Gasteiger partial charge on any atom is 0.490 e. The molecule has 1 unspecified atom stereocenters. The Labute approximate surface area is 150 Å². The van der Waals surface area contributed by atoms with E-state index in [0.29, 0.717) is 12.8 Å². The van der Waals surface area contributed by atoms with Gasteiger partial charge in [-0.2, -0.15) is 13.2 Å². The van der Waals surface area contributed by atoms with Crippen LogP contribution in [-0.4, -0.2) is 70.3 Å². The fourth-order valence-electron chi connectivity index (χ4n) is 4.00. The number of amides is 1. The fraction of sp³-hybridized carbons (Fsp3) is 0.882. The van der Waals surface area contributed by atoms with Crippen LogP contribution < -0.4 is 0 Å². The van der Waals surface area contributed by atoms with Crippen LogP contribution in [0.15, 0.2) is 0 Å². The van der Waals surface area contributed by atoms with Crippen LogP contribution in [-0.2, 0) is 9.59 Å². The van der Waals surface area contributed by atoms with E-state index in [1.165, 1.54) is 25.7 Å². The van der Waals surface area contributed by atoms with Gasteiger partial charge in [-0.25, -0.2) is 9.18 Å². The van der Waals surface area contributed by atoms with Crippen molar-refractivity contribution in [3.63, 3.8) is 0 Å². The smallest absolute Gasteiger partial charge is 0.475 e. The van der Waals surface area contributed by atoms with Crippen molar-refractivity contribution >= 4 is 11.9 Å². The normalized spacial score (nSPS) is 28.3. The van der Waals surface area contributed by atoms with Gasteiger partial charge in [0.05, 0.1) is 0 Å². The highest BCUT2D eigenvalue weighted by atomic mass is 19.4. The van der Waals surface area contributed by atoms with Crippen LogP contribution in [0.25, 0.3) is 0 Å². The molecule has 1 spiro atoms. The van der Waals surface area contributed by atoms with Crippen LogP contribution in [0.3, 0.4) is 0 Å². The number of aliphatic carboxylic acids is 1. The summed E-state index contributed by atoms with van der Waals surface area (Å²) in [5, 5.41) is 7.12. The molecule has 2 saturated heterocycles. The third-order valence-corrected chi connectivity index (χ3v) is 5.53. The molecular formula is C17H26F4N2O3. The number of hydrogen-bond acceptors (Lipinski definition) is 3. The molecule has 1 N–H and O–H groups in total. The number of halogens is 4. The zero-order chi connectivity index (χ0) is 19.6. The van der Waals surface area contributed by atoms with Gasteiger partial charge in [-0.05, 0) is 51.6 Å². The third kappa shape index (κ3) is 4.66. The second kappa shape index (κ2) is 7.70. The number of carbonyl (C=O) groups excluding carboxylic acids is 1. The highest BCUT2D eigenvalue weighted by molar-refractivity contribution is 5.88. The van der Waals surface area contributed by atoms with E-state index in [4.69, 9.17) is 9.90 Å². The van der Waals surface area contributed by atoms with Crippen molar-refractivity contribution < 1.29 is 32.3 Å². The molecule has 26 heavy (non-hydrogen) atoms. The summed E-state index contributed by atoms with van der Waals surface area (Å²) >= 11 is 0. The van der Waals surface area contributed by atoms with Gasteiger partial charge in [-0.3, -0.25) is 9.69 Å². The molecule has 0 aromatic rings. The lowest BCUT2D eigenvalue weighted by atomic mass is 9.79. The predicted octanol–water partition coefficient (Wildman–Crippen LogP) is 2.99. The lowest BCUT2D eigenvalue weighted by Crippen LogP contribution is -2.62. The number of hydrogen-bond donors (Lipinski definition) is 1. The average Bonchev–Trinajstić information content (AvgIpc) is 3.33. The molecule has 1 aliphatic carbocycles. The quantitative estimate of drug-likeness (QED) is 0.746. The van der Waals surface area contributed by atoms with E-state index in [1.807, 2.05) is 4.90 Å². The Balaban J connectivity index is 0.000000298. The van der Waals surface area contributed by atoms with Gasteiger partial charge in [0.25, 0.3) is 5.91 Å². The number of likely N-dealkylation sites (tertiary alicyclic amines) is 2. The first kappa shape index (κ1) is 20.9. The van der Waals surface area contributed by atoms with Gasteiger partial charge < -0.3 is 10.0 Å². The molecule has 9 heteroatoms. The number of carboxylic acid groups (broad SMARTS) is 1. The molecule has 1 saturated carbocycles. The van der Waals surface area contributed by atoms with E-state index in [-0.39, 0.29) is 11.4 Å². The number of alkyl halides is 4. The fourth-order valence-corrected chi connectivity index (χ4v) is 4.00. The van der Waals surface area contributed by atoms with Gasteiger partial charge in [0.15, 0.2) is 5.67 Å². The predicted molar refractivity (Wildman–Crippen MR) is 86.4 cm³/mol. The zero-order valence-corrected chi connectivity index (χ0v) is 14.9. The van der Waals surface area contributed by atoms with Crippen molar-refractivity contribution in [1.29, 1.82) is 0 Å². The van der Waals surface area contributed by atoms with Crippen LogP contribution >= 0.6 is 0 Å². The van der Waals surface area contributed by atoms with E-state index in [9.17, 15) is 22.4 Å². The molecule has 1 atom stereocenters. The second-order valence-corrected chi connectivity index (χ2v) is 7.36. The molecule has 0 aromatic carbocycles. The van der Waals surface area contributed by atoms with Crippen molar-refractivity contribution in [3.05, 3.63) is 0 Å². The highest BCUT2D eigenvalue weighted by Gasteiger charge is 2.54. The molecule has 150 valence electrons. The summed E-state index contributed by atoms with van der Waals surface area (Å²) in [5.41, 5.74) is -1.35. The maximum absolute atomic E-state index is 14.0. The summed E-state index contributed by atoms with van der Waals surface area (Å²) < 4.78 is 45.7. The van der Waals surface area contributed by atoms with Gasteiger partial charge in [0.2, 0.25) is 0 Å². The van der Waals surface area contributed by atoms with E-state index in [2.05, 4.69) is 11.8 Å². The van der Waals surface area contributed by atoms with Crippen molar-refractivity contribution in [2.75, 3.05) is 26.2 Å². The summed E-state index contributed by atoms with van der Waals surface area (Å²) in [6.07, 6.45) is 1.67. The molecule has 5 nitrogen and oxygen atoms in total. The highest BCUT2D eigenvalue weighted by Crippen LogP contribution is 2.43. The van der Waals surface area contributed by atoms with Gasteiger partial charge in [0.1, 0.15) is 0 Å². The van der Waals surface area contributed by atoms with E-state index < -0.39 is 17.8 Å². The molecule has 3 fully saturated rings. The topological polar surface area (TPSA) is 60.9 Å². The molecule has 2 heterocycles. The van der Waals surface area contributed by atoms with Crippen LogP contribution in [0.2, 0.25) is 0 Å². The van der Waals surface area contributed by atoms with E-state index in [1.54, 1.807) is 0 Å². The summed E-state index contributed by atoms with van der Waals surface area (Å²) in [7, 11) is 0. The van der Waals surface area contributed by atoms with Crippen LogP contribution in [0.1, 0.15) is 51.9 Å². The SMILES string of the molecule is CCN1CCCCC12CCCN(C(=O)C1(F)CC1)C2.O=C(O)C(F)(F)F. The van der Waals surface area contributed by atoms with E-state index in [0.717, 1.165) is 32.6 Å². The number of rotatable bonds is 2. The van der Waals surface area contributed by atoms with Crippen molar-refractivity contribution in [2.45, 2.75) is 69.3 Å². The Morgan fingerprint density at radius 1 is 1.04 bits per heavy atom. The molecule has 3 rings (SSSR count). The van der Waals surface area contributed by atoms with Gasteiger partial charge >= 0.3 is 12.1 Å². The van der Waals surface area contributed by atoms with Crippen molar-refractivity contribution in [2.24, 2.45) is 0 Å². The Morgan fingerprint density at radius 3 is 2.12 bits per heavy atom. The summed E-state index contributed by atoms with van der Waals surface area (Å²) in [6, 6.07) is 0. The molecule has 2 aliphatic heterocycles. The number of piperidine rings is 2. The van der Waals surface area contributed by atoms with Gasteiger partial charge in [-0.15, -0.1) is 0 Å². The Morgan fingerprint density at radius 2 is 1.62 bits per heavy atom. The van der Waals surface area contributed by atoms with Crippen molar-refractivity contribution in [3.8, 4) is 0 Å². The molecule has 0 aromatic heterocycles. The first-order chi connectivity index (χ1) is 12.0. The lowest BCUT2D eigenvalue weighted by Gasteiger charge is -2.52. The molecule has 1 amide bonds. The summed E-state index contributed by atoms with van der Waals surface area (Å²) in [6.45, 7) is 5.89. The molecule has 0 radical (unpaired) electrons. The number of carbonyl (C=O) groups is 2. The number of nitrogens with zero attached hydrogens (tertiary/aromatic N) is 2. The number of carboxylic acids is 1. The molecule has 0 bridgehead atoms. The van der Waals surface area contributed by atoms with Crippen LogP contribution in [0, 0.1) is 0 Å². The van der Waals surface area contributed by atoms with Crippen LogP contribution in [0.5, 0.6) is 0 Å². The Hall–Kier alpha value is -1.38. The van der Waals surface area contributed by atoms with Gasteiger partial charge in [0, 0.05) is 18.6 Å². The standard InChI is InChI=1S/C15H25FN2O.C2HF3O2/c1-2-18-11-4-3-6-14(18)7-5-10-17(12-14)13(19)15(16)8-9-15;3-2(4,5)1(6)7/h2-12H2,1H3;(H,6,7). The summed E-state index contributed by atoms with van der Waals surface area (Å²) in [5.74, 6) is -2.99. The van der Waals surface area contributed by atoms with E-state index >= 15 is 0 Å². The Bertz CT molecular complexity index is 533. The zero-order valence-electron chi connectivity index (χ0n) is 14.9. The Kier molecular flexibility index (Phi) is 6.20. The lowest BCUT2D eigenvalue weighted by molar-refractivity contribution is -0.192. The monoisotopic (exact) mass is 382 g/mol. The second-order valence-electron chi connectivity index (χ2n) is 7.36. The van der Waals surface area contributed by atoms with Crippen LogP contribution in [0.4, 0.5) is 17.6 Å². The molecular weight excluding hydrogens is 356 g/mol. The van der Waals surface area contributed by atoms with Gasteiger partial charge in [-0.1, -0.05) is 13.3 Å². The first-order valence-corrected chi connectivity index (χ1v) is 9.07. The first-order valence-electron chi connectivity index (χ1n) is 9.07. The minimum Gasteiger partial charge on any atom is -0.475 e. The maximum atomic E-state index is 14.0. The minimum atomic E-state index is -5.08. The average molecular weight is 382 g/mol. The minimum absolute atomic E-state index is 0.145. The number of likely N-dealkylation sites (N-methyl/N-ethyl adjacent to an activating group) is 1. The molecule has 3 aliphatic rings. The largest absolute Gasteiger partial charge is 0.490 e.